The number of nitrogens with two attached hydrogens (primary N) is 1. The lowest BCUT2D eigenvalue weighted by molar-refractivity contribution is 0.506. The number of halogens is 2. The molecule has 0 saturated carbocycles. The Hall–Kier alpha value is -1.35. The molecule has 0 saturated heterocycles. The Morgan fingerprint density at radius 2 is 2.00 bits per heavy atom. The van der Waals surface area contributed by atoms with E-state index in [0.29, 0.717) is 16.0 Å². The smallest absolute Gasteiger partial charge is 0.242 e. The normalized spacial score (nSPS) is 11.8. The fraction of sp³-hybridized carbons (Fsp3) is 0.231. The Morgan fingerprint density at radius 3 is 2.62 bits per heavy atom. The van der Waals surface area contributed by atoms with Crippen LogP contribution in [0.25, 0.3) is 0 Å². The average Bonchev–Trinajstić information content (AvgIpc) is 2.82. The molecule has 0 aliphatic carbocycles. The Morgan fingerprint density at radius 1 is 1.29 bits per heavy atom. The lowest BCUT2D eigenvalue weighted by atomic mass is 10.2. The van der Waals surface area contributed by atoms with Gasteiger partial charge in [0.1, 0.15) is 4.90 Å². The number of aryl methyl sites for hydroxylation is 1. The van der Waals surface area contributed by atoms with Crippen LogP contribution in [0.2, 0.25) is 0 Å². The molecule has 0 fully saturated rings. The van der Waals surface area contributed by atoms with Gasteiger partial charge in [-0.1, -0.05) is 6.07 Å². The molecular weight excluding hydrogens is 318 g/mol. The maximum Gasteiger partial charge on any atom is 0.242 e. The Balaban J connectivity index is 2.21. The second-order valence-corrected chi connectivity index (χ2v) is 7.12. The van der Waals surface area contributed by atoms with E-state index in [1.54, 1.807) is 12.3 Å². The third-order valence-electron chi connectivity index (χ3n) is 2.89. The Kier molecular flexibility index (Phi) is 4.72. The molecule has 3 N–H and O–H groups in total. The summed E-state index contributed by atoms with van der Waals surface area (Å²) in [5.41, 5.74) is 6.47. The van der Waals surface area contributed by atoms with Gasteiger partial charge in [-0.25, -0.2) is 21.9 Å². The van der Waals surface area contributed by atoms with Crippen LogP contribution < -0.4 is 10.5 Å². The summed E-state index contributed by atoms with van der Waals surface area (Å²) in [6.45, 7) is 1.68. The van der Waals surface area contributed by atoms with Crippen molar-refractivity contribution in [2.75, 3.05) is 0 Å². The summed E-state index contributed by atoms with van der Waals surface area (Å²) in [6, 6.07) is 3.24. The van der Waals surface area contributed by atoms with Gasteiger partial charge >= 0.3 is 0 Å². The van der Waals surface area contributed by atoms with Crippen molar-refractivity contribution in [3.05, 3.63) is 51.2 Å². The van der Waals surface area contributed by atoms with Crippen molar-refractivity contribution in [2.24, 2.45) is 5.73 Å². The quantitative estimate of drug-likeness (QED) is 0.882. The summed E-state index contributed by atoms with van der Waals surface area (Å²) in [6.07, 6.45) is 0. The van der Waals surface area contributed by atoms with Gasteiger partial charge in [-0.05, 0) is 35.6 Å². The average molecular weight is 332 g/mol. The van der Waals surface area contributed by atoms with Crippen molar-refractivity contribution in [3.63, 3.8) is 0 Å². The first-order chi connectivity index (χ1) is 9.85. The van der Waals surface area contributed by atoms with Gasteiger partial charge in [-0.15, -0.1) is 11.3 Å². The van der Waals surface area contributed by atoms with E-state index < -0.39 is 21.7 Å². The van der Waals surface area contributed by atoms with Crippen molar-refractivity contribution < 1.29 is 17.2 Å². The maximum absolute atomic E-state index is 13.1. The summed E-state index contributed by atoms with van der Waals surface area (Å²) >= 11 is 1.28. The number of nitrogens with one attached hydrogen (secondary N) is 1. The van der Waals surface area contributed by atoms with Crippen LogP contribution in [0, 0.1) is 18.6 Å². The predicted molar refractivity (Wildman–Crippen MR) is 77.3 cm³/mol. The lowest BCUT2D eigenvalue weighted by Crippen LogP contribution is -2.24. The molecule has 0 aliphatic rings. The summed E-state index contributed by atoms with van der Waals surface area (Å²) in [7, 11) is -3.75. The molecule has 2 rings (SSSR count). The van der Waals surface area contributed by atoms with Gasteiger partial charge < -0.3 is 5.73 Å². The van der Waals surface area contributed by atoms with Crippen LogP contribution in [0.15, 0.2) is 28.5 Å². The summed E-state index contributed by atoms with van der Waals surface area (Å²) in [5, 5.41) is 1.72. The van der Waals surface area contributed by atoms with E-state index in [1.165, 1.54) is 17.4 Å². The van der Waals surface area contributed by atoms with Crippen LogP contribution in [-0.4, -0.2) is 8.42 Å². The highest BCUT2D eigenvalue weighted by molar-refractivity contribution is 7.89. The molecular formula is C13H14F2N2O2S2. The third-order valence-corrected chi connectivity index (χ3v) is 5.78. The second kappa shape index (κ2) is 6.18. The van der Waals surface area contributed by atoms with Crippen LogP contribution in [0.5, 0.6) is 0 Å². The minimum atomic E-state index is -3.75. The van der Waals surface area contributed by atoms with Gasteiger partial charge in [-0.2, -0.15) is 0 Å². The second-order valence-electron chi connectivity index (χ2n) is 4.45. The molecule has 21 heavy (non-hydrogen) atoms. The highest BCUT2D eigenvalue weighted by atomic mass is 32.2. The molecule has 0 spiro atoms. The Labute approximate surface area is 125 Å². The van der Waals surface area contributed by atoms with Gasteiger partial charge in [0.2, 0.25) is 10.0 Å². The molecule has 114 valence electrons. The van der Waals surface area contributed by atoms with E-state index in [2.05, 4.69) is 4.72 Å². The highest BCUT2D eigenvalue weighted by Crippen LogP contribution is 2.26. The maximum atomic E-state index is 13.1. The first-order valence-corrected chi connectivity index (χ1v) is 8.42. The molecule has 0 radical (unpaired) electrons. The van der Waals surface area contributed by atoms with E-state index in [9.17, 15) is 17.2 Å². The molecule has 8 heteroatoms. The summed E-state index contributed by atoms with van der Waals surface area (Å²) in [4.78, 5) is 0.725. The zero-order valence-electron chi connectivity index (χ0n) is 11.2. The minimum Gasteiger partial charge on any atom is -0.326 e. The number of rotatable bonds is 5. The van der Waals surface area contributed by atoms with Crippen molar-refractivity contribution in [1.29, 1.82) is 0 Å². The molecule has 1 aromatic heterocycles. The zero-order valence-corrected chi connectivity index (χ0v) is 12.8. The number of benzene rings is 1. The molecule has 0 amide bonds. The zero-order chi connectivity index (χ0) is 15.6. The van der Waals surface area contributed by atoms with Gasteiger partial charge in [0.15, 0.2) is 11.6 Å². The predicted octanol–water partition coefficient (Wildman–Crippen LogP) is 2.27. The molecule has 2 aromatic rings. The van der Waals surface area contributed by atoms with Crippen molar-refractivity contribution in [1.82, 2.24) is 4.72 Å². The van der Waals surface area contributed by atoms with Crippen molar-refractivity contribution in [3.8, 4) is 0 Å². The van der Waals surface area contributed by atoms with E-state index in [-0.39, 0.29) is 18.0 Å². The van der Waals surface area contributed by atoms with Gasteiger partial charge in [0.25, 0.3) is 0 Å². The molecule has 0 atom stereocenters. The first-order valence-electron chi connectivity index (χ1n) is 6.05. The number of hydrogen-bond acceptors (Lipinski definition) is 4. The van der Waals surface area contributed by atoms with Gasteiger partial charge in [0.05, 0.1) is 0 Å². The van der Waals surface area contributed by atoms with Gasteiger partial charge in [0, 0.05) is 18.0 Å². The first kappa shape index (κ1) is 16.0. The summed E-state index contributed by atoms with van der Waals surface area (Å²) < 4.78 is 52.9. The molecule has 1 heterocycles. The summed E-state index contributed by atoms with van der Waals surface area (Å²) in [5.74, 6) is -1.98. The van der Waals surface area contributed by atoms with E-state index in [4.69, 9.17) is 5.73 Å². The third kappa shape index (κ3) is 3.46. The highest BCUT2D eigenvalue weighted by Gasteiger charge is 2.22. The monoisotopic (exact) mass is 332 g/mol. The van der Waals surface area contributed by atoms with E-state index in [0.717, 1.165) is 12.1 Å². The molecule has 0 bridgehead atoms. The lowest BCUT2D eigenvalue weighted by Gasteiger charge is -2.09. The number of thiophene rings is 1. The van der Waals surface area contributed by atoms with Crippen LogP contribution >= 0.6 is 11.3 Å². The fourth-order valence-corrected chi connectivity index (χ4v) is 4.61. The SMILES string of the molecule is Cc1csc(CN)c1S(=O)(=O)NCc1ccc(F)c(F)c1. The van der Waals surface area contributed by atoms with Crippen LogP contribution in [0.1, 0.15) is 16.0 Å². The topological polar surface area (TPSA) is 72.2 Å². The molecule has 0 aliphatic heterocycles. The van der Waals surface area contributed by atoms with Crippen LogP contribution in [-0.2, 0) is 23.1 Å². The van der Waals surface area contributed by atoms with Crippen LogP contribution in [0.3, 0.4) is 0 Å². The molecule has 1 aromatic carbocycles. The van der Waals surface area contributed by atoms with Gasteiger partial charge in [-0.3, -0.25) is 0 Å². The van der Waals surface area contributed by atoms with Crippen LogP contribution in [0.4, 0.5) is 8.78 Å². The Bertz CT molecular complexity index is 758. The molecule has 0 unspecified atom stereocenters. The van der Waals surface area contributed by atoms with Crippen molar-refractivity contribution >= 4 is 21.4 Å². The van der Waals surface area contributed by atoms with E-state index >= 15 is 0 Å². The number of sulfonamides is 1. The standard InChI is InChI=1S/C13H14F2N2O2S2/c1-8-7-20-12(5-16)13(8)21(18,19)17-6-9-2-3-10(14)11(15)4-9/h2-4,7,17H,5-6,16H2,1H3. The molecule has 4 nitrogen and oxygen atoms in total. The minimum absolute atomic E-state index is 0.125. The number of hydrogen-bond donors (Lipinski definition) is 2. The van der Waals surface area contributed by atoms with E-state index in [1.807, 2.05) is 0 Å². The fourth-order valence-electron chi connectivity index (χ4n) is 1.89. The van der Waals surface area contributed by atoms with Crippen molar-refractivity contribution in [2.45, 2.75) is 24.9 Å². The largest absolute Gasteiger partial charge is 0.326 e.